The van der Waals surface area contributed by atoms with Crippen LogP contribution in [0.1, 0.15) is 17.2 Å². The van der Waals surface area contributed by atoms with E-state index in [0.717, 1.165) is 11.1 Å². The summed E-state index contributed by atoms with van der Waals surface area (Å²) < 4.78 is 11.1. The lowest BCUT2D eigenvalue weighted by atomic mass is 10.1. The summed E-state index contributed by atoms with van der Waals surface area (Å²) in [5.74, 6) is 1.70. The third-order valence-electron chi connectivity index (χ3n) is 3.45. The molecule has 0 bridgehead atoms. The molecule has 0 saturated carbocycles. The van der Waals surface area contributed by atoms with Crippen molar-refractivity contribution < 1.29 is 14.3 Å². The van der Waals surface area contributed by atoms with Gasteiger partial charge in [0.15, 0.2) is 11.5 Å². The van der Waals surface area contributed by atoms with Gasteiger partial charge in [-0.2, -0.15) is 0 Å². The first kappa shape index (κ1) is 13.5. The third kappa shape index (κ3) is 2.43. The predicted molar refractivity (Wildman–Crippen MR) is 79.8 cm³/mol. The quantitative estimate of drug-likeness (QED) is 0.909. The molecule has 108 valence electrons. The van der Waals surface area contributed by atoms with Crippen molar-refractivity contribution in [2.45, 2.75) is 13.0 Å². The van der Waals surface area contributed by atoms with E-state index < -0.39 is 6.04 Å². The van der Waals surface area contributed by atoms with Crippen molar-refractivity contribution in [1.82, 2.24) is 0 Å². The number of ether oxygens (including phenoxy) is 2. The van der Waals surface area contributed by atoms with Gasteiger partial charge in [0.05, 0.1) is 7.11 Å². The molecule has 3 rings (SSSR count). The lowest BCUT2D eigenvalue weighted by Gasteiger charge is -2.12. The molecular formula is C16H16N2O3. The van der Waals surface area contributed by atoms with Crippen molar-refractivity contribution in [3.05, 3.63) is 47.5 Å². The number of carbonyl (C=O) groups excluding carboxylic acids is 1. The average Bonchev–Trinajstić information content (AvgIpc) is 2.75. The van der Waals surface area contributed by atoms with Crippen LogP contribution in [0.3, 0.4) is 0 Å². The summed E-state index contributed by atoms with van der Waals surface area (Å²) in [5, 5.41) is 2.74. The summed E-state index contributed by atoms with van der Waals surface area (Å²) in [6.45, 7) is 1.98. The highest BCUT2D eigenvalue weighted by Gasteiger charge is 2.27. The Morgan fingerprint density at radius 3 is 2.71 bits per heavy atom. The Morgan fingerprint density at radius 1 is 1.14 bits per heavy atom. The number of aryl methyl sites for hydroxylation is 1. The van der Waals surface area contributed by atoms with Crippen molar-refractivity contribution in [2.24, 2.45) is 5.73 Å². The number of rotatable bonds is 3. The van der Waals surface area contributed by atoms with E-state index in [4.69, 9.17) is 15.2 Å². The van der Waals surface area contributed by atoms with E-state index in [0.29, 0.717) is 22.9 Å². The Labute approximate surface area is 122 Å². The van der Waals surface area contributed by atoms with Crippen LogP contribution in [0.15, 0.2) is 36.4 Å². The topological polar surface area (TPSA) is 73.6 Å². The average molecular weight is 284 g/mol. The fraction of sp³-hybridized carbons (Fsp3) is 0.188. The first-order valence-corrected chi connectivity index (χ1v) is 6.61. The molecule has 5 nitrogen and oxygen atoms in total. The molecule has 3 N–H and O–H groups in total. The Hall–Kier alpha value is -2.53. The first-order chi connectivity index (χ1) is 10.1. The van der Waals surface area contributed by atoms with Gasteiger partial charge in [-0.25, -0.2) is 0 Å². The zero-order chi connectivity index (χ0) is 15.0. The lowest BCUT2D eigenvalue weighted by molar-refractivity contribution is -0.116. The van der Waals surface area contributed by atoms with E-state index in [1.54, 1.807) is 25.3 Å². The number of hydrogen-bond donors (Lipinski definition) is 2. The zero-order valence-electron chi connectivity index (χ0n) is 11.8. The van der Waals surface area contributed by atoms with Crippen molar-refractivity contribution in [1.29, 1.82) is 0 Å². The Kier molecular flexibility index (Phi) is 3.27. The number of anilines is 1. The first-order valence-electron chi connectivity index (χ1n) is 6.61. The zero-order valence-corrected chi connectivity index (χ0v) is 11.8. The van der Waals surface area contributed by atoms with Crippen molar-refractivity contribution in [2.75, 3.05) is 12.4 Å². The van der Waals surface area contributed by atoms with Crippen LogP contribution in [0.4, 0.5) is 5.69 Å². The largest absolute Gasteiger partial charge is 0.493 e. The van der Waals surface area contributed by atoms with Gasteiger partial charge in [0.1, 0.15) is 11.8 Å². The summed E-state index contributed by atoms with van der Waals surface area (Å²) in [7, 11) is 1.60. The van der Waals surface area contributed by atoms with E-state index in [2.05, 4.69) is 5.32 Å². The number of fused-ring (bicyclic) bond motifs is 1. The fourth-order valence-corrected chi connectivity index (χ4v) is 2.32. The van der Waals surface area contributed by atoms with Crippen LogP contribution in [0, 0.1) is 6.92 Å². The maximum absolute atomic E-state index is 11.5. The van der Waals surface area contributed by atoms with Crippen LogP contribution in [0.25, 0.3) is 0 Å². The van der Waals surface area contributed by atoms with Crippen LogP contribution in [0.5, 0.6) is 17.2 Å². The molecule has 0 radical (unpaired) electrons. The summed E-state index contributed by atoms with van der Waals surface area (Å²) >= 11 is 0. The molecular weight excluding hydrogens is 268 g/mol. The van der Waals surface area contributed by atoms with Gasteiger partial charge >= 0.3 is 0 Å². The van der Waals surface area contributed by atoms with Crippen LogP contribution >= 0.6 is 0 Å². The highest BCUT2D eigenvalue weighted by Crippen LogP contribution is 2.36. The molecule has 1 aliphatic rings. The second-order valence-electron chi connectivity index (χ2n) is 4.97. The second-order valence-corrected chi connectivity index (χ2v) is 4.97. The molecule has 1 amide bonds. The Bertz CT molecular complexity index is 713. The van der Waals surface area contributed by atoms with Gasteiger partial charge in [0, 0.05) is 17.3 Å². The summed E-state index contributed by atoms with van der Waals surface area (Å²) in [6.07, 6.45) is 0. The number of amides is 1. The van der Waals surface area contributed by atoms with Gasteiger partial charge in [-0.05, 0) is 30.7 Å². The predicted octanol–water partition coefficient (Wildman–Crippen LogP) is 2.75. The van der Waals surface area contributed by atoms with E-state index in [1.165, 1.54) is 0 Å². The molecule has 5 heteroatoms. The highest BCUT2D eigenvalue weighted by molar-refractivity contribution is 6.02. The van der Waals surface area contributed by atoms with E-state index in [1.807, 2.05) is 25.1 Å². The van der Waals surface area contributed by atoms with E-state index in [9.17, 15) is 4.79 Å². The molecule has 21 heavy (non-hydrogen) atoms. The minimum atomic E-state index is -0.608. The van der Waals surface area contributed by atoms with Crippen LogP contribution in [-0.4, -0.2) is 13.0 Å². The van der Waals surface area contributed by atoms with Gasteiger partial charge in [-0.1, -0.05) is 12.1 Å². The van der Waals surface area contributed by atoms with Crippen molar-refractivity contribution in [3.8, 4) is 17.2 Å². The van der Waals surface area contributed by atoms with E-state index in [-0.39, 0.29) is 5.91 Å². The van der Waals surface area contributed by atoms with Crippen LogP contribution < -0.4 is 20.5 Å². The number of benzene rings is 2. The maximum atomic E-state index is 11.5. The SMILES string of the molecule is COc1cc(C)ccc1Oc1ccc2c(c1)NC(=O)C2N. The van der Waals surface area contributed by atoms with Crippen LogP contribution in [0.2, 0.25) is 0 Å². The van der Waals surface area contributed by atoms with Crippen molar-refractivity contribution in [3.63, 3.8) is 0 Å². The Balaban J connectivity index is 1.90. The molecule has 2 aromatic rings. The fourth-order valence-electron chi connectivity index (χ4n) is 2.32. The summed E-state index contributed by atoms with van der Waals surface area (Å²) in [6, 6.07) is 10.4. The molecule has 1 atom stereocenters. The lowest BCUT2D eigenvalue weighted by Crippen LogP contribution is -2.19. The standard InChI is InChI=1S/C16H16N2O3/c1-9-3-6-13(14(7-9)20-2)21-10-4-5-11-12(8-10)18-16(19)15(11)17/h3-8,15H,17H2,1-2H3,(H,18,19). The van der Waals surface area contributed by atoms with Crippen molar-refractivity contribution >= 4 is 11.6 Å². The highest BCUT2D eigenvalue weighted by atomic mass is 16.5. The summed E-state index contributed by atoms with van der Waals surface area (Å²) in [4.78, 5) is 11.5. The monoisotopic (exact) mass is 284 g/mol. The molecule has 1 unspecified atom stereocenters. The molecule has 0 aromatic heterocycles. The normalized spacial score (nSPS) is 16.3. The van der Waals surface area contributed by atoms with Gasteiger partial charge in [-0.3, -0.25) is 4.79 Å². The smallest absolute Gasteiger partial charge is 0.245 e. The molecule has 1 heterocycles. The number of nitrogens with two attached hydrogens (primary N) is 1. The minimum absolute atomic E-state index is 0.199. The minimum Gasteiger partial charge on any atom is -0.493 e. The summed E-state index contributed by atoms with van der Waals surface area (Å²) in [5.41, 5.74) is 8.34. The van der Waals surface area contributed by atoms with Gasteiger partial charge in [0.2, 0.25) is 5.91 Å². The Morgan fingerprint density at radius 2 is 1.95 bits per heavy atom. The van der Waals surface area contributed by atoms with Gasteiger partial charge in [0.25, 0.3) is 0 Å². The molecule has 0 aliphatic carbocycles. The number of hydrogen-bond acceptors (Lipinski definition) is 4. The van der Waals surface area contributed by atoms with Gasteiger partial charge < -0.3 is 20.5 Å². The number of nitrogens with one attached hydrogen (secondary N) is 1. The molecule has 0 fully saturated rings. The van der Waals surface area contributed by atoms with Gasteiger partial charge in [-0.15, -0.1) is 0 Å². The molecule has 1 aliphatic heterocycles. The molecule has 0 spiro atoms. The van der Waals surface area contributed by atoms with Crippen LogP contribution in [-0.2, 0) is 4.79 Å². The second kappa shape index (κ2) is 5.10. The maximum Gasteiger partial charge on any atom is 0.245 e. The molecule has 2 aromatic carbocycles. The third-order valence-corrected chi connectivity index (χ3v) is 3.45. The number of carbonyl (C=O) groups is 1. The molecule has 0 saturated heterocycles. The van der Waals surface area contributed by atoms with E-state index >= 15 is 0 Å². The number of methoxy groups -OCH3 is 1.